The average molecular weight is 273 g/mol. The minimum absolute atomic E-state index is 0.00250. The Morgan fingerprint density at radius 2 is 2.16 bits per heavy atom. The second kappa shape index (κ2) is 4.55. The molecule has 0 bridgehead atoms. The molecule has 2 aromatic heterocycles. The van der Waals surface area contributed by atoms with Crippen LogP contribution in [0.4, 0.5) is 0 Å². The number of thioether (sulfide) groups is 1. The fourth-order valence-corrected chi connectivity index (χ4v) is 2.78. The van der Waals surface area contributed by atoms with Crippen LogP contribution in [0.3, 0.4) is 0 Å². The van der Waals surface area contributed by atoms with Crippen LogP contribution in [0.5, 0.6) is 0 Å². The molecule has 96 valence electrons. The molecule has 1 N–H and O–H groups in total. The van der Waals surface area contributed by atoms with Gasteiger partial charge in [-0.2, -0.15) is 0 Å². The number of carbonyl (C=O) groups is 1. The smallest absolute Gasteiger partial charge is 0.313 e. The second-order valence-corrected chi connectivity index (χ2v) is 5.09. The molecular formula is C13H11N3O2S. The molecule has 0 aliphatic carbocycles. The summed E-state index contributed by atoms with van der Waals surface area (Å²) >= 11 is 1.21. The first-order chi connectivity index (χ1) is 9.16. The zero-order valence-corrected chi connectivity index (χ0v) is 11.0. The lowest BCUT2D eigenvalue weighted by molar-refractivity contribution is -0.133. The molecule has 0 radical (unpaired) electrons. The highest BCUT2D eigenvalue weighted by atomic mass is 32.2. The largest absolute Gasteiger partial charge is 0.481 e. The first-order valence-corrected chi connectivity index (χ1v) is 6.70. The number of imidazole rings is 1. The topological polar surface area (TPSA) is 68.0 Å². The number of hydrogen-bond donors (Lipinski definition) is 1. The molecule has 0 fully saturated rings. The van der Waals surface area contributed by atoms with Crippen molar-refractivity contribution in [1.29, 1.82) is 0 Å². The summed E-state index contributed by atoms with van der Waals surface area (Å²) in [5, 5.41) is 10.5. The number of nitrogens with zero attached hydrogens (tertiary/aromatic N) is 3. The van der Waals surface area contributed by atoms with E-state index in [2.05, 4.69) is 9.97 Å². The van der Waals surface area contributed by atoms with Crippen molar-refractivity contribution < 1.29 is 9.90 Å². The number of aryl methyl sites for hydroxylation is 1. The number of rotatable bonds is 3. The predicted molar refractivity (Wildman–Crippen MR) is 74.4 cm³/mol. The standard InChI is InChI=1S/C13H11N3O2S/c1-16-12-8-4-2-3-5-9(8)14-6-10(12)15-13(16)19-7-11(17)18/h2-6H,7H2,1H3,(H,17,18). The third-order valence-corrected chi connectivity index (χ3v) is 3.91. The van der Waals surface area contributed by atoms with Gasteiger partial charge in [0.25, 0.3) is 0 Å². The maximum atomic E-state index is 10.6. The van der Waals surface area contributed by atoms with Crippen LogP contribution >= 0.6 is 11.8 Å². The number of aliphatic carboxylic acids is 1. The van der Waals surface area contributed by atoms with Crippen molar-refractivity contribution in [2.24, 2.45) is 7.05 Å². The van der Waals surface area contributed by atoms with Crippen LogP contribution in [0, 0.1) is 0 Å². The van der Waals surface area contributed by atoms with Crippen LogP contribution in [-0.2, 0) is 11.8 Å². The number of aromatic nitrogens is 3. The van der Waals surface area contributed by atoms with Gasteiger partial charge in [0, 0.05) is 12.4 Å². The highest BCUT2D eigenvalue weighted by molar-refractivity contribution is 7.99. The molecule has 0 unspecified atom stereocenters. The molecule has 1 aromatic carbocycles. The number of carboxylic acid groups (broad SMARTS) is 1. The number of fused-ring (bicyclic) bond motifs is 3. The van der Waals surface area contributed by atoms with Gasteiger partial charge in [0.2, 0.25) is 0 Å². The van der Waals surface area contributed by atoms with Gasteiger partial charge in [-0.25, -0.2) is 4.98 Å². The van der Waals surface area contributed by atoms with Gasteiger partial charge < -0.3 is 9.67 Å². The summed E-state index contributed by atoms with van der Waals surface area (Å²) in [5.41, 5.74) is 2.68. The lowest BCUT2D eigenvalue weighted by Gasteiger charge is -2.02. The summed E-state index contributed by atoms with van der Waals surface area (Å²) in [6, 6.07) is 7.85. The third kappa shape index (κ3) is 2.04. The number of pyridine rings is 1. The Morgan fingerprint density at radius 1 is 1.37 bits per heavy atom. The van der Waals surface area contributed by atoms with E-state index in [4.69, 9.17) is 5.11 Å². The van der Waals surface area contributed by atoms with Crippen LogP contribution in [0.15, 0.2) is 35.6 Å². The minimum Gasteiger partial charge on any atom is -0.481 e. The molecule has 5 nitrogen and oxygen atoms in total. The molecule has 0 amide bonds. The monoisotopic (exact) mass is 273 g/mol. The van der Waals surface area contributed by atoms with Gasteiger partial charge in [0.05, 0.1) is 23.0 Å². The van der Waals surface area contributed by atoms with Gasteiger partial charge in [-0.3, -0.25) is 9.78 Å². The number of hydrogen-bond acceptors (Lipinski definition) is 4. The number of para-hydroxylation sites is 1. The van der Waals surface area contributed by atoms with Crippen molar-refractivity contribution in [1.82, 2.24) is 14.5 Å². The van der Waals surface area contributed by atoms with Crippen LogP contribution in [0.1, 0.15) is 0 Å². The first-order valence-electron chi connectivity index (χ1n) is 5.71. The molecule has 0 aliphatic heterocycles. The molecule has 3 aromatic rings. The lowest BCUT2D eigenvalue weighted by Crippen LogP contribution is -2.00. The van der Waals surface area contributed by atoms with Crippen LogP contribution < -0.4 is 0 Å². The second-order valence-electron chi connectivity index (χ2n) is 4.15. The van der Waals surface area contributed by atoms with Crippen molar-refractivity contribution in [3.63, 3.8) is 0 Å². The molecule has 0 atom stereocenters. The molecular weight excluding hydrogens is 262 g/mol. The van der Waals surface area contributed by atoms with Gasteiger partial charge in [0.15, 0.2) is 5.16 Å². The van der Waals surface area contributed by atoms with E-state index < -0.39 is 5.97 Å². The molecule has 0 saturated heterocycles. The number of benzene rings is 1. The maximum absolute atomic E-state index is 10.6. The van der Waals surface area contributed by atoms with Gasteiger partial charge in [0.1, 0.15) is 5.52 Å². The van der Waals surface area contributed by atoms with Crippen LogP contribution in [0.2, 0.25) is 0 Å². The van der Waals surface area contributed by atoms with Crippen LogP contribution in [-0.4, -0.2) is 31.4 Å². The Bertz CT molecular complexity index is 782. The van der Waals surface area contributed by atoms with E-state index in [1.54, 1.807) is 6.20 Å². The van der Waals surface area contributed by atoms with E-state index >= 15 is 0 Å². The van der Waals surface area contributed by atoms with Gasteiger partial charge in [-0.05, 0) is 6.07 Å². The van der Waals surface area contributed by atoms with Crippen LogP contribution in [0.25, 0.3) is 21.9 Å². The highest BCUT2D eigenvalue weighted by Gasteiger charge is 2.12. The SMILES string of the molecule is Cn1c(SCC(=O)O)nc2cnc3ccccc3c21. The molecule has 0 saturated carbocycles. The average Bonchev–Trinajstić information content (AvgIpc) is 2.73. The molecule has 6 heteroatoms. The van der Waals surface area contributed by atoms with E-state index in [9.17, 15) is 4.79 Å². The van der Waals surface area contributed by atoms with Gasteiger partial charge in [-0.15, -0.1) is 0 Å². The summed E-state index contributed by atoms with van der Waals surface area (Å²) in [6.07, 6.45) is 1.72. The number of carboxylic acids is 1. The quantitative estimate of drug-likeness (QED) is 0.742. The molecule has 19 heavy (non-hydrogen) atoms. The van der Waals surface area contributed by atoms with Crippen molar-refractivity contribution in [3.8, 4) is 0 Å². The molecule has 2 heterocycles. The highest BCUT2D eigenvalue weighted by Crippen LogP contribution is 2.27. The lowest BCUT2D eigenvalue weighted by atomic mass is 10.2. The Morgan fingerprint density at radius 3 is 2.95 bits per heavy atom. The summed E-state index contributed by atoms with van der Waals surface area (Å²) in [5.74, 6) is -0.845. The Hall–Kier alpha value is -2.08. The van der Waals surface area contributed by atoms with E-state index in [-0.39, 0.29) is 5.75 Å². The Balaban J connectivity index is 2.20. The van der Waals surface area contributed by atoms with Gasteiger partial charge >= 0.3 is 5.97 Å². The zero-order chi connectivity index (χ0) is 13.4. The minimum atomic E-state index is -0.847. The fraction of sp³-hybridized carbons (Fsp3) is 0.154. The normalized spacial score (nSPS) is 11.2. The van der Waals surface area contributed by atoms with Gasteiger partial charge in [-0.1, -0.05) is 30.0 Å². The predicted octanol–water partition coefficient (Wildman–Crippen LogP) is 2.30. The third-order valence-electron chi connectivity index (χ3n) is 2.89. The molecule has 0 spiro atoms. The van der Waals surface area contributed by atoms with E-state index in [1.165, 1.54) is 11.8 Å². The maximum Gasteiger partial charge on any atom is 0.313 e. The van der Waals surface area contributed by atoms with E-state index in [0.29, 0.717) is 5.16 Å². The van der Waals surface area contributed by atoms with Crippen molar-refractivity contribution in [3.05, 3.63) is 30.5 Å². The van der Waals surface area contributed by atoms with Crippen molar-refractivity contribution >= 4 is 39.7 Å². The summed E-state index contributed by atoms with van der Waals surface area (Å²) in [6.45, 7) is 0. The van der Waals surface area contributed by atoms with E-state index in [1.807, 2.05) is 35.9 Å². The van der Waals surface area contributed by atoms with Crippen molar-refractivity contribution in [2.75, 3.05) is 5.75 Å². The molecule has 3 rings (SSSR count). The van der Waals surface area contributed by atoms with E-state index in [0.717, 1.165) is 21.9 Å². The molecule has 0 aliphatic rings. The Kier molecular flexibility index (Phi) is 2.87. The summed E-state index contributed by atoms with van der Waals surface area (Å²) in [7, 11) is 1.89. The summed E-state index contributed by atoms with van der Waals surface area (Å²) in [4.78, 5) is 19.4. The first kappa shape index (κ1) is 12.0. The summed E-state index contributed by atoms with van der Waals surface area (Å²) < 4.78 is 1.92. The fourth-order valence-electron chi connectivity index (χ4n) is 2.08. The zero-order valence-electron chi connectivity index (χ0n) is 10.2. The Labute approximate surface area is 113 Å². The van der Waals surface area contributed by atoms with Crippen molar-refractivity contribution in [2.45, 2.75) is 5.16 Å².